The van der Waals surface area contributed by atoms with Crippen LogP contribution >= 0.6 is 0 Å². The second-order valence-corrected chi connectivity index (χ2v) is 4.95. The number of likely N-dealkylation sites (N-methyl/N-ethyl adjacent to an activating group) is 1. The van der Waals surface area contributed by atoms with E-state index in [4.69, 9.17) is 0 Å². The average molecular weight is 234 g/mol. The fourth-order valence-electron chi connectivity index (χ4n) is 1.75. The van der Waals surface area contributed by atoms with Crippen molar-refractivity contribution in [1.29, 1.82) is 0 Å². The molecule has 2 N–H and O–H groups in total. The Morgan fingerprint density at radius 2 is 1.88 bits per heavy atom. The van der Waals surface area contributed by atoms with Crippen molar-refractivity contribution in [2.45, 2.75) is 32.2 Å². The summed E-state index contributed by atoms with van der Waals surface area (Å²) in [5, 5.41) is 5.88. The van der Waals surface area contributed by atoms with Gasteiger partial charge in [0.2, 0.25) is 5.91 Å². The molecule has 0 atom stereocenters. The van der Waals surface area contributed by atoms with Crippen LogP contribution in [0.2, 0.25) is 0 Å². The molecular weight excluding hydrogens is 212 g/mol. The smallest absolute Gasteiger partial charge is 0.234 e. The van der Waals surface area contributed by atoms with E-state index in [9.17, 15) is 4.79 Å². The van der Waals surface area contributed by atoms with Gasteiger partial charge >= 0.3 is 0 Å². The van der Waals surface area contributed by atoms with Crippen LogP contribution in [0.25, 0.3) is 0 Å². The molecule has 17 heavy (non-hydrogen) atoms. The summed E-state index contributed by atoms with van der Waals surface area (Å²) in [5.41, 5.74) is 1.15. The third-order valence-electron chi connectivity index (χ3n) is 2.70. The molecule has 0 radical (unpaired) electrons. The van der Waals surface area contributed by atoms with Gasteiger partial charge in [0, 0.05) is 5.54 Å². The lowest BCUT2D eigenvalue weighted by Crippen LogP contribution is -2.46. The lowest BCUT2D eigenvalue weighted by molar-refractivity contribution is -0.121. The molecule has 0 spiro atoms. The zero-order valence-electron chi connectivity index (χ0n) is 10.9. The maximum Gasteiger partial charge on any atom is 0.234 e. The Balaban J connectivity index is 2.41. The summed E-state index contributed by atoms with van der Waals surface area (Å²) in [6.07, 6.45) is 1.92. The highest BCUT2D eigenvalue weighted by Gasteiger charge is 2.19. The quantitative estimate of drug-likeness (QED) is 0.787. The minimum Gasteiger partial charge on any atom is -0.350 e. The Kier molecular flexibility index (Phi) is 5.16. The van der Waals surface area contributed by atoms with Crippen LogP contribution in [-0.4, -0.2) is 25.0 Å². The van der Waals surface area contributed by atoms with E-state index in [1.807, 2.05) is 18.2 Å². The van der Waals surface area contributed by atoms with Crippen LogP contribution in [0.1, 0.15) is 25.8 Å². The molecule has 1 aromatic carbocycles. The Hall–Kier alpha value is -1.35. The van der Waals surface area contributed by atoms with Crippen molar-refractivity contribution in [3.63, 3.8) is 0 Å². The zero-order chi connectivity index (χ0) is 12.7. The number of hydrogen-bond donors (Lipinski definition) is 2. The van der Waals surface area contributed by atoms with E-state index >= 15 is 0 Å². The standard InChI is InChI=1S/C14H22N2O/c1-14(2,16-13(17)11-15-3)10-9-12-7-5-4-6-8-12/h4-8,15H,9-11H2,1-3H3,(H,16,17). The highest BCUT2D eigenvalue weighted by atomic mass is 16.2. The molecular formula is C14H22N2O. The van der Waals surface area contributed by atoms with Crippen molar-refractivity contribution >= 4 is 5.91 Å². The molecule has 0 aliphatic heterocycles. The van der Waals surface area contributed by atoms with Gasteiger partial charge in [-0.15, -0.1) is 0 Å². The molecule has 0 fully saturated rings. The molecule has 0 aromatic heterocycles. The van der Waals surface area contributed by atoms with Crippen molar-refractivity contribution in [1.82, 2.24) is 10.6 Å². The summed E-state index contributed by atoms with van der Waals surface area (Å²) < 4.78 is 0. The van der Waals surface area contributed by atoms with Crippen LogP contribution in [-0.2, 0) is 11.2 Å². The molecule has 1 amide bonds. The molecule has 0 saturated heterocycles. The molecule has 0 saturated carbocycles. The van der Waals surface area contributed by atoms with E-state index < -0.39 is 0 Å². The molecule has 0 aliphatic rings. The lowest BCUT2D eigenvalue weighted by Gasteiger charge is -2.26. The van der Waals surface area contributed by atoms with Crippen molar-refractivity contribution < 1.29 is 4.79 Å². The molecule has 0 bridgehead atoms. The highest BCUT2D eigenvalue weighted by molar-refractivity contribution is 5.78. The van der Waals surface area contributed by atoms with Gasteiger partial charge in [0.15, 0.2) is 0 Å². The summed E-state index contributed by atoms with van der Waals surface area (Å²) >= 11 is 0. The fourth-order valence-corrected chi connectivity index (χ4v) is 1.75. The van der Waals surface area contributed by atoms with Crippen LogP contribution in [0, 0.1) is 0 Å². The maximum atomic E-state index is 11.5. The number of amides is 1. The lowest BCUT2D eigenvalue weighted by atomic mass is 9.95. The van der Waals surface area contributed by atoms with Gasteiger partial charge in [0.25, 0.3) is 0 Å². The van der Waals surface area contributed by atoms with E-state index in [1.165, 1.54) is 5.56 Å². The van der Waals surface area contributed by atoms with Crippen molar-refractivity contribution in [2.75, 3.05) is 13.6 Å². The number of rotatable bonds is 6. The van der Waals surface area contributed by atoms with Crippen molar-refractivity contribution in [3.8, 4) is 0 Å². The van der Waals surface area contributed by atoms with E-state index in [1.54, 1.807) is 7.05 Å². The number of aryl methyl sites for hydroxylation is 1. The molecule has 3 heteroatoms. The van der Waals surface area contributed by atoms with Gasteiger partial charge < -0.3 is 10.6 Å². The van der Waals surface area contributed by atoms with E-state index in [0.29, 0.717) is 6.54 Å². The minimum absolute atomic E-state index is 0.0468. The van der Waals surface area contributed by atoms with E-state index in [-0.39, 0.29) is 11.4 Å². The number of carbonyl (C=O) groups excluding carboxylic acids is 1. The van der Waals surface area contributed by atoms with Crippen molar-refractivity contribution in [3.05, 3.63) is 35.9 Å². The van der Waals surface area contributed by atoms with Crippen molar-refractivity contribution in [2.24, 2.45) is 0 Å². The maximum absolute atomic E-state index is 11.5. The van der Waals surface area contributed by atoms with Crippen LogP contribution < -0.4 is 10.6 Å². The van der Waals surface area contributed by atoms with Crippen LogP contribution in [0.4, 0.5) is 0 Å². The summed E-state index contributed by atoms with van der Waals surface area (Å²) in [6, 6.07) is 10.3. The molecule has 0 heterocycles. The van der Waals surface area contributed by atoms with Gasteiger partial charge in [-0.2, -0.15) is 0 Å². The monoisotopic (exact) mass is 234 g/mol. The number of hydrogen-bond acceptors (Lipinski definition) is 2. The number of benzene rings is 1. The summed E-state index contributed by atoms with van der Waals surface area (Å²) in [6.45, 7) is 4.49. The Labute approximate surface area is 104 Å². The normalized spacial score (nSPS) is 11.2. The van der Waals surface area contributed by atoms with Crippen LogP contribution in [0.15, 0.2) is 30.3 Å². The zero-order valence-corrected chi connectivity index (χ0v) is 10.9. The predicted octanol–water partition coefficient (Wildman–Crippen LogP) is 1.73. The van der Waals surface area contributed by atoms with Crippen LogP contribution in [0.5, 0.6) is 0 Å². The Bertz CT molecular complexity index is 346. The topological polar surface area (TPSA) is 41.1 Å². The first-order valence-corrected chi connectivity index (χ1v) is 6.03. The molecule has 0 unspecified atom stereocenters. The summed E-state index contributed by atoms with van der Waals surface area (Å²) in [4.78, 5) is 11.5. The van der Waals surface area contributed by atoms with Gasteiger partial charge in [0.05, 0.1) is 6.54 Å². The van der Waals surface area contributed by atoms with Gasteiger partial charge in [-0.3, -0.25) is 4.79 Å². The van der Waals surface area contributed by atoms with Gasteiger partial charge in [-0.05, 0) is 39.3 Å². The highest BCUT2D eigenvalue weighted by Crippen LogP contribution is 2.13. The largest absolute Gasteiger partial charge is 0.350 e. The third kappa shape index (κ3) is 5.50. The molecule has 0 aliphatic carbocycles. The first-order valence-electron chi connectivity index (χ1n) is 6.03. The summed E-state index contributed by atoms with van der Waals surface area (Å²) in [7, 11) is 1.77. The average Bonchev–Trinajstić information content (AvgIpc) is 2.27. The summed E-state index contributed by atoms with van der Waals surface area (Å²) in [5.74, 6) is 0.0468. The van der Waals surface area contributed by atoms with Crippen LogP contribution in [0.3, 0.4) is 0 Å². The van der Waals surface area contributed by atoms with E-state index in [2.05, 4.69) is 36.6 Å². The third-order valence-corrected chi connectivity index (χ3v) is 2.70. The van der Waals surface area contributed by atoms with Gasteiger partial charge in [-0.25, -0.2) is 0 Å². The molecule has 1 aromatic rings. The predicted molar refractivity (Wildman–Crippen MR) is 70.9 cm³/mol. The molecule has 94 valence electrons. The minimum atomic E-state index is -0.163. The number of carbonyl (C=O) groups is 1. The Morgan fingerprint density at radius 3 is 2.47 bits per heavy atom. The van der Waals surface area contributed by atoms with Gasteiger partial charge in [0.1, 0.15) is 0 Å². The fraction of sp³-hybridized carbons (Fsp3) is 0.500. The molecule has 1 rings (SSSR count). The molecule has 3 nitrogen and oxygen atoms in total. The first kappa shape index (κ1) is 13.7. The number of nitrogens with one attached hydrogen (secondary N) is 2. The van der Waals surface area contributed by atoms with E-state index in [0.717, 1.165) is 12.8 Å². The Morgan fingerprint density at radius 1 is 1.24 bits per heavy atom. The first-order chi connectivity index (χ1) is 8.03. The van der Waals surface area contributed by atoms with Gasteiger partial charge in [-0.1, -0.05) is 30.3 Å². The second kappa shape index (κ2) is 6.40. The SMILES string of the molecule is CNCC(=O)NC(C)(C)CCc1ccccc1. The second-order valence-electron chi connectivity index (χ2n) is 4.95.